The van der Waals surface area contributed by atoms with Gasteiger partial charge >= 0.3 is 0 Å². The predicted octanol–water partition coefficient (Wildman–Crippen LogP) is 1.42. The van der Waals surface area contributed by atoms with Crippen molar-refractivity contribution in [2.75, 3.05) is 0 Å². The summed E-state index contributed by atoms with van der Waals surface area (Å²) in [7, 11) is 0. The molecule has 0 aromatic rings. The molecule has 0 aliphatic heterocycles. The SMILES string of the molecule is C1CCC1.N.O=CO. The molecule has 50 valence electrons. The van der Waals surface area contributed by atoms with E-state index < -0.39 is 0 Å². The molecule has 3 nitrogen and oxygen atoms in total. The van der Waals surface area contributed by atoms with E-state index in [0.717, 1.165) is 0 Å². The summed E-state index contributed by atoms with van der Waals surface area (Å²) in [4.78, 5) is 8.36. The maximum atomic E-state index is 8.36. The van der Waals surface area contributed by atoms with Crippen LogP contribution in [0.3, 0.4) is 0 Å². The summed E-state index contributed by atoms with van der Waals surface area (Å²) in [6, 6.07) is 0. The fourth-order valence-electron chi connectivity index (χ4n) is 0.250. The Hall–Kier alpha value is -0.570. The molecule has 0 aromatic heterocycles. The highest BCUT2D eigenvalue weighted by Gasteiger charge is 1.95. The van der Waals surface area contributed by atoms with Crippen LogP contribution in [0.15, 0.2) is 0 Å². The van der Waals surface area contributed by atoms with E-state index in [9.17, 15) is 0 Å². The lowest BCUT2D eigenvalue weighted by atomic mass is 10.0. The van der Waals surface area contributed by atoms with E-state index >= 15 is 0 Å². The lowest BCUT2D eigenvalue weighted by molar-refractivity contribution is -0.122. The van der Waals surface area contributed by atoms with Gasteiger partial charge in [-0.15, -0.1) is 0 Å². The van der Waals surface area contributed by atoms with Gasteiger partial charge in [0.05, 0.1) is 0 Å². The third kappa shape index (κ3) is 9.06. The normalized spacial score (nSPS) is 13.5. The highest BCUT2D eigenvalue weighted by atomic mass is 16.3. The summed E-state index contributed by atoms with van der Waals surface area (Å²) in [5.74, 6) is 0. The van der Waals surface area contributed by atoms with Crippen LogP contribution >= 0.6 is 0 Å². The van der Waals surface area contributed by atoms with Gasteiger partial charge in [0, 0.05) is 0 Å². The van der Waals surface area contributed by atoms with Crippen LogP contribution in [-0.2, 0) is 4.79 Å². The van der Waals surface area contributed by atoms with E-state index in [1.165, 1.54) is 25.7 Å². The molecule has 1 fully saturated rings. The van der Waals surface area contributed by atoms with Gasteiger partial charge in [-0.3, -0.25) is 4.79 Å². The van der Waals surface area contributed by atoms with Gasteiger partial charge in [-0.25, -0.2) is 0 Å². The average Bonchev–Trinajstić information content (AvgIpc) is 1.27. The molecule has 0 unspecified atom stereocenters. The first-order valence-corrected chi connectivity index (χ1v) is 2.49. The van der Waals surface area contributed by atoms with Crippen molar-refractivity contribution in [3.8, 4) is 0 Å². The molecule has 0 amide bonds. The first-order valence-electron chi connectivity index (χ1n) is 2.49. The molecule has 0 bridgehead atoms. The molecular weight excluding hydrogens is 106 g/mol. The third-order valence-electron chi connectivity index (χ3n) is 1.000. The zero-order valence-corrected chi connectivity index (χ0v) is 4.97. The quantitative estimate of drug-likeness (QED) is 0.473. The van der Waals surface area contributed by atoms with Gasteiger partial charge in [-0.2, -0.15) is 0 Å². The van der Waals surface area contributed by atoms with E-state index in [1.54, 1.807) is 0 Å². The van der Waals surface area contributed by atoms with Crippen molar-refractivity contribution < 1.29 is 9.90 Å². The molecule has 4 N–H and O–H groups in total. The maximum Gasteiger partial charge on any atom is 0.290 e. The van der Waals surface area contributed by atoms with Crippen LogP contribution in [0, 0.1) is 0 Å². The summed E-state index contributed by atoms with van der Waals surface area (Å²) < 4.78 is 0. The molecule has 1 aliphatic carbocycles. The number of carboxylic acid groups (broad SMARTS) is 1. The molecule has 0 heterocycles. The van der Waals surface area contributed by atoms with Gasteiger partial charge in [0.2, 0.25) is 0 Å². The van der Waals surface area contributed by atoms with Crippen LogP contribution in [0.1, 0.15) is 25.7 Å². The summed E-state index contributed by atoms with van der Waals surface area (Å²) in [6.07, 6.45) is 6.00. The number of hydrogen-bond donors (Lipinski definition) is 2. The topological polar surface area (TPSA) is 72.3 Å². The Kier molecular flexibility index (Phi) is 12.6. The molecule has 0 atom stereocenters. The molecule has 1 aliphatic rings. The van der Waals surface area contributed by atoms with Crippen molar-refractivity contribution in [1.29, 1.82) is 0 Å². The molecule has 3 heteroatoms. The molecule has 1 saturated carbocycles. The monoisotopic (exact) mass is 119 g/mol. The van der Waals surface area contributed by atoms with E-state index in [4.69, 9.17) is 9.90 Å². The molecule has 8 heavy (non-hydrogen) atoms. The molecule has 0 radical (unpaired) electrons. The summed E-state index contributed by atoms with van der Waals surface area (Å²) in [5.41, 5.74) is 0. The zero-order valence-electron chi connectivity index (χ0n) is 4.97. The third-order valence-corrected chi connectivity index (χ3v) is 1.000. The number of carbonyl (C=O) groups is 1. The second-order valence-electron chi connectivity index (χ2n) is 1.52. The average molecular weight is 119 g/mol. The first-order chi connectivity index (χ1) is 3.41. The largest absolute Gasteiger partial charge is 0.483 e. The second-order valence-corrected chi connectivity index (χ2v) is 1.52. The fraction of sp³-hybridized carbons (Fsp3) is 0.800. The minimum Gasteiger partial charge on any atom is -0.483 e. The van der Waals surface area contributed by atoms with Crippen molar-refractivity contribution >= 4 is 6.47 Å². The highest BCUT2D eigenvalue weighted by molar-refractivity contribution is 5.32. The van der Waals surface area contributed by atoms with Crippen LogP contribution in [0.4, 0.5) is 0 Å². The second kappa shape index (κ2) is 9.66. The van der Waals surface area contributed by atoms with Crippen LogP contribution < -0.4 is 6.15 Å². The van der Waals surface area contributed by atoms with Gasteiger partial charge in [-0.1, -0.05) is 25.7 Å². The van der Waals surface area contributed by atoms with E-state index in [-0.39, 0.29) is 12.6 Å². The Bertz CT molecular complexity index is 39.7. The van der Waals surface area contributed by atoms with Gasteiger partial charge < -0.3 is 11.3 Å². The van der Waals surface area contributed by atoms with Crippen molar-refractivity contribution in [3.63, 3.8) is 0 Å². The first kappa shape index (κ1) is 10.4. The fourth-order valence-corrected chi connectivity index (χ4v) is 0.250. The summed E-state index contributed by atoms with van der Waals surface area (Å²) in [6.45, 7) is -0.250. The van der Waals surface area contributed by atoms with Gasteiger partial charge in [0.15, 0.2) is 0 Å². The molecule has 0 spiro atoms. The lowest BCUT2D eigenvalue weighted by Gasteiger charge is -2.05. The van der Waals surface area contributed by atoms with Crippen LogP contribution in [0.5, 0.6) is 0 Å². The van der Waals surface area contributed by atoms with E-state index in [0.29, 0.717) is 0 Å². The molecule has 1 rings (SSSR count). The number of rotatable bonds is 0. The van der Waals surface area contributed by atoms with Crippen LogP contribution in [-0.4, -0.2) is 11.6 Å². The number of hydrogen-bond acceptors (Lipinski definition) is 2. The Morgan fingerprint density at radius 1 is 1.12 bits per heavy atom. The highest BCUT2D eigenvalue weighted by Crippen LogP contribution is 2.15. The van der Waals surface area contributed by atoms with Crippen molar-refractivity contribution in [2.24, 2.45) is 0 Å². The van der Waals surface area contributed by atoms with Crippen molar-refractivity contribution in [3.05, 3.63) is 0 Å². The van der Waals surface area contributed by atoms with Gasteiger partial charge in [-0.05, 0) is 0 Å². The van der Waals surface area contributed by atoms with Crippen LogP contribution in [0.25, 0.3) is 0 Å². The molecular formula is C5H13NO2. The van der Waals surface area contributed by atoms with Crippen LogP contribution in [0.2, 0.25) is 0 Å². The van der Waals surface area contributed by atoms with E-state index in [2.05, 4.69) is 0 Å². The maximum absolute atomic E-state index is 8.36. The summed E-state index contributed by atoms with van der Waals surface area (Å²) in [5, 5.41) is 6.89. The lowest BCUT2D eigenvalue weighted by Crippen LogP contribution is -1.85. The van der Waals surface area contributed by atoms with Crippen molar-refractivity contribution in [2.45, 2.75) is 25.7 Å². The molecule has 0 aromatic carbocycles. The predicted molar refractivity (Wildman–Crippen MR) is 32.2 cm³/mol. The smallest absolute Gasteiger partial charge is 0.290 e. The van der Waals surface area contributed by atoms with Gasteiger partial charge in [0.1, 0.15) is 0 Å². The zero-order chi connectivity index (χ0) is 5.54. The minimum atomic E-state index is -0.250. The summed E-state index contributed by atoms with van der Waals surface area (Å²) >= 11 is 0. The standard InChI is InChI=1S/C4H8.CH2O2.H3N/c1-2-4-3-1;2-1-3;/h1-4H2;1H,(H,2,3);1H3. The molecule has 0 saturated heterocycles. The Morgan fingerprint density at radius 3 is 1.25 bits per heavy atom. The Morgan fingerprint density at radius 2 is 1.25 bits per heavy atom. The Balaban J connectivity index is 0. The minimum absolute atomic E-state index is 0. The Labute approximate surface area is 49.3 Å². The van der Waals surface area contributed by atoms with Gasteiger partial charge in [0.25, 0.3) is 6.47 Å². The van der Waals surface area contributed by atoms with E-state index in [1.807, 2.05) is 0 Å². The van der Waals surface area contributed by atoms with Crippen molar-refractivity contribution in [1.82, 2.24) is 6.15 Å².